The number of nitrogens with one attached hydrogen (secondary N) is 1. The number of amides is 1. The summed E-state index contributed by atoms with van der Waals surface area (Å²) in [6.07, 6.45) is 9.09. The van der Waals surface area contributed by atoms with Crippen molar-refractivity contribution in [3.05, 3.63) is 118 Å². The van der Waals surface area contributed by atoms with E-state index in [2.05, 4.69) is 37.2 Å². The van der Waals surface area contributed by atoms with Crippen LogP contribution in [0.5, 0.6) is 0 Å². The fourth-order valence-corrected chi connectivity index (χ4v) is 6.17. The predicted molar refractivity (Wildman–Crippen MR) is 183 cm³/mol. The minimum atomic E-state index is -0.643. The number of para-hydroxylation sites is 1. The Kier molecular flexibility index (Phi) is 8.54. The molecule has 0 saturated carbocycles. The largest absolute Gasteiger partial charge is 0.342 e. The molecule has 0 aliphatic carbocycles. The van der Waals surface area contributed by atoms with Crippen LogP contribution >= 0.6 is 0 Å². The number of benzene rings is 2. The number of piperidine rings is 1. The molecule has 0 radical (unpaired) electrons. The van der Waals surface area contributed by atoms with Gasteiger partial charge in [0.1, 0.15) is 11.4 Å². The molecule has 1 aliphatic rings. The Morgan fingerprint density at radius 1 is 1.06 bits per heavy atom. The van der Waals surface area contributed by atoms with Gasteiger partial charge in [-0.2, -0.15) is 10.2 Å². The summed E-state index contributed by atoms with van der Waals surface area (Å²) in [6.45, 7) is 7.27. The number of aromatic nitrogens is 7. The highest BCUT2D eigenvalue weighted by Crippen LogP contribution is 2.22. The van der Waals surface area contributed by atoms with E-state index in [-0.39, 0.29) is 11.5 Å². The van der Waals surface area contributed by atoms with Gasteiger partial charge in [-0.3, -0.25) is 18.8 Å². The summed E-state index contributed by atoms with van der Waals surface area (Å²) in [6, 6.07) is 16.1. The highest BCUT2D eigenvalue weighted by atomic mass is 16.2. The van der Waals surface area contributed by atoms with Crippen LogP contribution in [-0.2, 0) is 6.54 Å². The zero-order chi connectivity index (χ0) is 33.2. The molecular weight excluding hydrogens is 604 g/mol. The van der Waals surface area contributed by atoms with Gasteiger partial charge in [0.2, 0.25) is 0 Å². The van der Waals surface area contributed by atoms with E-state index in [1.807, 2.05) is 53.3 Å². The molecule has 0 bridgehead atoms. The van der Waals surface area contributed by atoms with Crippen molar-refractivity contribution in [1.82, 2.24) is 44.1 Å². The number of rotatable bonds is 7. The third-order valence-corrected chi connectivity index (χ3v) is 8.72. The van der Waals surface area contributed by atoms with Crippen molar-refractivity contribution in [1.29, 1.82) is 0 Å². The predicted octanol–water partition coefficient (Wildman–Crippen LogP) is 3.25. The zero-order valence-corrected chi connectivity index (χ0v) is 26.9. The molecule has 1 fully saturated rings. The topological polar surface area (TPSA) is 141 Å². The Hall–Kier alpha value is -5.64. The van der Waals surface area contributed by atoms with Crippen molar-refractivity contribution in [2.45, 2.75) is 45.3 Å². The Morgan fingerprint density at radius 3 is 2.69 bits per heavy atom. The maximum Gasteiger partial charge on any atom is 0.267 e. The van der Waals surface area contributed by atoms with E-state index in [9.17, 15) is 9.59 Å². The molecule has 7 rings (SSSR count). The van der Waals surface area contributed by atoms with Gasteiger partial charge >= 0.3 is 0 Å². The third kappa shape index (κ3) is 6.21. The number of carbonyl (C=O) groups excluding carboxylic acids is 1. The Labute approximate surface area is 277 Å². The van der Waals surface area contributed by atoms with Crippen LogP contribution in [0.4, 0.5) is 0 Å². The number of fused-ring (bicyclic) bond motifs is 2. The van der Waals surface area contributed by atoms with Crippen LogP contribution in [0.25, 0.3) is 22.2 Å². The van der Waals surface area contributed by atoms with Crippen LogP contribution in [0.1, 0.15) is 58.8 Å². The van der Waals surface area contributed by atoms with Gasteiger partial charge in [-0.1, -0.05) is 36.1 Å². The molecule has 3 N–H and O–H groups in total. The van der Waals surface area contributed by atoms with E-state index in [4.69, 9.17) is 10.7 Å². The smallest absolute Gasteiger partial charge is 0.267 e. The highest BCUT2D eigenvalue weighted by Gasteiger charge is 2.24. The molecule has 0 spiro atoms. The lowest BCUT2D eigenvalue weighted by Crippen LogP contribution is -2.40. The van der Waals surface area contributed by atoms with Gasteiger partial charge in [0.15, 0.2) is 5.65 Å². The maximum atomic E-state index is 14.4. The van der Waals surface area contributed by atoms with Crippen LogP contribution in [0, 0.1) is 18.8 Å². The number of hydrogen-bond acceptors (Lipinski definition) is 8. The average Bonchev–Trinajstić information content (AvgIpc) is 3.70. The van der Waals surface area contributed by atoms with E-state index in [0.717, 1.165) is 44.6 Å². The third-order valence-electron chi connectivity index (χ3n) is 8.72. The second-order valence-electron chi connectivity index (χ2n) is 12.1. The minimum absolute atomic E-state index is 0.280. The van der Waals surface area contributed by atoms with Gasteiger partial charge in [0, 0.05) is 36.7 Å². The molecule has 2 aromatic carbocycles. The van der Waals surface area contributed by atoms with Crippen molar-refractivity contribution in [3.8, 4) is 17.5 Å². The molecule has 0 unspecified atom stereocenters. The molecule has 12 heteroatoms. The molecule has 12 nitrogen and oxygen atoms in total. The molecule has 5 heterocycles. The summed E-state index contributed by atoms with van der Waals surface area (Å²) in [5, 5.41) is 12.3. The van der Waals surface area contributed by atoms with Crippen LogP contribution in [-0.4, -0.2) is 70.4 Å². The van der Waals surface area contributed by atoms with Crippen molar-refractivity contribution in [2.24, 2.45) is 5.73 Å². The van der Waals surface area contributed by atoms with Gasteiger partial charge in [-0.05, 0) is 70.1 Å². The molecule has 242 valence electrons. The van der Waals surface area contributed by atoms with E-state index in [0.29, 0.717) is 50.9 Å². The first-order valence-electron chi connectivity index (χ1n) is 16.1. The number of likely N-dealkylation sites (tertiary alicyclic amines) is 1. The molecule has 4 aromatic heterocycles. The van der Waals surface area contributed by atoms with E-state index in [1.165, 1.54) is 0 Å². The lowest BCUT2D eigenvalue weighted by Gasteiger charge is -2.29. The summed E-state index contributed by atoms with van der Waals surface area (Å²) < 4.78 is 5.02. The number of aryl methyl sites for hydroxylation is 1. The second-order valence-corrected chi connectivity index (χ2v) is 12.1. The molecule has 1 saturated heterocycles. The average molecular weight is 641 g/mol. The van der Waals surface area contributed by atoms with Crippen LogP contribution in [0.3, 0.4) is 0 Å². The van der Waals surface area contributed by atoms with Crippen LogP contribution in [0.2, 0.25) is 0 Å². The first-order valence-corrected chi connectivity index (χ1v) is 16.1. The molecule has 1 atom stereocenters. The van der Waals surface area contributed by atoms with Crippen molar-refractivity contribution >= 4 is 22.5 Å². The molecular formula is C36H36N10O2. The molecule has 1 aliphatic heterocycles. The first-order chi connectivity index (χ1) is 23.4. The lowest BCUT2D eigenvalue weighted by atomic mass is 10.1. The standard InChI is InChI=1S/C36H36N10O2/c1-24-31(34-38-16-7-17-45(34)42-24)35(47)40-25(2)33-41-30-11-6-8-27(32(30)36(48)46(33)29-9-4-3-5-10-29)13-12-26-22-39-44(23-26)21-20-43-18-14-28(37)15-19-43/h3-11,16-17,22-23,25,28H,14-15,18-21,37H2,1-2H3,(H,40,47)/t25-/m0/s1. The van der Waals surface area contributed by atoms with Gasteiger partial charge in [-0.15, -0.1) is 0 Å². The van der Waals surface area contributed by atoms with Crippen LogP contribution in [0.15, 0.2) is 84.2 Å². The van der Waals surface area contributed by atoms with E-state index in [1.54, 1.807) is 53.7 Å². The fourth-order valence-electron chi connectivity index (χ4n) is 6.17. The maximum absolute atomic E-state index is 14.4. The quantitative estimate of drug-likeness (QED) is 0.254. The SMILES string of the molecule is Cc1nn2cccnc2c1C(=O)N[C@@H](C)c1nc2cccc(C#Cc3cnn(CCN4CCC(N)CC4)c3)c2c(=O)n1-c1ccccc1. The Morgan fingerprint density at radius 2 is 1.88 bits per heavy atom. The number of nitrogens with zero attached hydrogens (tertiary/aromatic N) is 8. The molecule has 6 aromatic rings. The highest BCUT2D eigenvalue weighted by molar-refractivity contribution is 6.01. The van der Waals surface area contributed by atoms with E-state index < -0.39 is 6.04 Å². The zero-order valence-electron chi connectivity index (χ0n) is 26.9. The summed E-state index contributed by atoms with van der Waals surface area (Å²) in [5.74, 6) is 6.42. The van der Waals surface area contributed by atoms with Crippen molar-refractivity contribution < 1.29 is 4.79 Å². The summed E-state index contributed by atoms with van der Waals surface area (Å²) in [7, 11) is 0. The number of carbonyl (C=O) groups is 1. The van der Waals surface area contributed by atoms with Gasteiger partial charge in [0.05, 0.1) is 46.6 Å². The fraction of sp³-hybridized carbons (Fsp3) is 0.278. The van der Waals surface area contributed by atoms with Gasteiger partial charge in [-0.25, -0.2) is 14.5 Å². The minimum Gasteiger partial charge on any atom is -0.342 e. The van der Waals surface area contributed by atoms with Gasteiger partial charge in [0.25, 0.3) is 11.5 Å². The summed E-state index contributed by atoms with van der Waals surface area (Å²) in [5.41, 5.74) is 9.56. The second kappa shape index (κ2) is 13.2. The Balaban J connectivity index is 1.20. The number of nitrogens with two attached hydrogens (primary N) is 1. The molecule has 48 heavy (non-hydrogen) atoms. The Bertz CT molecular complexity index is 2230. The molecule has 1 amide bonds. The number of hydrogen-bond donors (Lipinski definition) is 2. The van der Waals surface area contributed by atoms with E-state index >= 15 is 0 Å². The lowest BCUT2D eigenvalue weighted by molar-refractivity contribution is 0.0938. The monoisotopic (exact) mass is 640 g/mol. The first kappa shape index (κ1) is 31.0. The van der Waals surface area contributed by atoms with Crippen LogP contribution < -0.4 is 16.6 Å². The van der Waals surface area contributed by atoms with Crippen molar-refractivity contribution in [2.75, 3.05) is 19.6 Å². The summed E-state index contributed by atoms with van der Waals surface area (Å²) in [4.78, 5) is 39.7. The normalized spacial score (nSPS) is 14.6. The van der Waals surface area contributed by atoms with Gasteiger partial charge < -0.3 is 16.0 Å². The summed E-state index contributed by atoms with van der Waals surface area (Å²) >= 11 is 0. The van der Waals surface area contributed by atoms with Crippen molar-refractivity contribution in [3.63, 3.8) is 0 Å².